The molecule has 0 spiro atoms. The molecular formula is C12Co2N12Zn. The van der Waals surface area contributed by atoms with E-state index in [0.717, 1.165) is 60.0 Å². The van der Waals surface area contributed by atoms with Gasteiger partial charge in [-0.05, 0) is 0 Å². The van der Waals surface area contributed by atoms with Crippen LogP contribution >= 0.6 is 0 Å². The molecule has 0 amide bonds. The van der Waals surface area contributed by atoms with Crippen molar-refractivity contribution in [3.63, 3.8) is 0 Å². The minimum atomic E-state index is -6.03. The predicted molar refractivity (Wildman–Crippen MR) is 67.4 cm³/mol. The molecule has 0 saturated heterocycles. The van der Waals surface area contributed by atoms with Gasteiger partial charge in [-0.2, -0.15) is 0 Å². The third kappa shape index (κ3) is 2.66. The molecule has 0 aliphatic carbocycles. The normalized spacial score (nSPS) is 12.9. The maximum atomic E-state index is 8.58. The first-order valence-corrected chi connectivity index (χ1v) is 10.9. The molecule has 0 radical (unpaired) electrons. The van der Waals surface area contributed by atoms with Gasteiger partial charge in [0.2, 0.25) is 0 Å². The fourth-order valence-corrected chi connectivity index (χ4v) is 2.06. The second kappa shape index (κ2) is 6.43. The summed E-state index contributed by atoms with van der Waals surface area (Å²) in [4.78, 5) is 0. The van der Waals surface area contributed by atoms with E-state index >= 15 is 0 Å². The number of rotatable bonds is 0. The average molecular weight is 495 g/mol. The van der Waals surface area contributed by atoms with Gasteiger partial charge in [-0.15, -0.1) is 0 Å². The van der Waals surface area contributed by atoms with Crippen molar-refractivity contribution in [1.82, 2.24) is 0 Å². The zero-order valence-electron chi connectivity index (χ0n) is 12.7. The van der Waals surface area contributed by atoms with Crippen molar-refractivity contribution in [2.75, 3.05) is 0 Å². The van der Waals surface area contributed by atoms with Gasteiger partial charge in [0, 0.05) is 0 Å². The van der Waals surface area contributed by atoms with E-state index in [4.69, 9.17) is 63.1 Å². The van der Waals surface area contributed by atoms with Crippen LogP contribution in [0.2, 0.25) is 0 Å². The molecule has 0 N–H and O–H groups in total. The quantitative estimate of drug-likeness (QED) is 0.407. The van der Waals surface area contributed by atoms with Gasteiger partial charge in [0.25, 0.3) is 0 Å². The SMILES string of the molecule is N#[C][Co-]([C]#N)([C]#N)([C]#N)([C]#N)[C]#N.N#[C][Co-]([C]#N)([C]#N)([C]#N)([C]#N)[C]#N.[Zn+2]. The Morgan fingerprint density at radius 3 is 0.333 bits per heavy atom. The zero-order chi connectivity index (χ0) is 21.3. The molecule has 27 heavy (non-hydrogen) atoms. The van der Waals surface area contributed by atoms with Crippen molar-refractivity contribution in [2.24, 2.45) is 0 Å². The molecule has 0 saturated carbocycles. The Labute approximate surface area is 163 Å². The number of nitrogens with zero attached hydrogens (tertiary/aromatic N) is 12. The fourth-order valence-electron chi connectivity index (χ4n) is 0.500. The van der Waals surface area contributed by atoms with Gasteiger partial charge >= 0.3 is 164 Å². The Kier molecular flexibility index (Phi) is 6.52. The second-order valence-electron chi connectivity index (χ2n) is 3.39. The van der Waals surface area contributed by atoms with Crippen LogP contribution in [0, 0.1) is 123 Å². The molecule has 128 valence electrons. The summed E-state index contributed by atoms with van der Waals surface area (Å²) in [6, 6.07) is 0. The van der Waals surface area contributed by atoms with E-state index in [0.29, 0.717) is 0 Å². The van der Waals surface area contributed by atoms with Gasteiger partial charge in [-0.1, -0.05) is 0 Å². The third-order valence-electron chi connectivity index (χ3n) is 2.24. The Balaban J connectivity index is -0.000000411. The molecule has 0 aromatic rings. The van der Waals surface area contributed by atoms with Crippen LogP contribution in [0.25, 0.3) is 0 Å². The summed E-state index contributed by atoms with van der Waals surface area (Å²) in [5.41, 5.74) is 0. The molecular weight excluding hydrogens is 495 g/mol. The molecule has 0 aliphatic rings. The van der Waals surface area contributed by atoms with Gasteiger partial charge in [0.1, 0.15) is 0 Å². The molecule has 0 rings (SSSR count). The summed E-state index contributed by atoms with van der Waals surface area (Å²) < 4.78 is 0. The second-order valence-corrected chi connectivity index (χ2v) is 14.0. The van der Waals surface area contributed by atoms with Crippen molar-refractivity contribution in [1.29, 1.82) is 63.1 Å². The zero-order valence-corrected chi connectivity index (χ0v) is 17.8. The van der Waals surface area contributed by atoms with Crippen molar-refractivity contribution in [3.05, 3.63) is 0 Å². The predicted octanol–water partition coefficient (Wildman–Crippen LogP) is 0.194. The van der Waals surface area contributed by atoms with E-state index in [9.17, 15) is 0 Å². The minimum absolute atomic E-state index is 0. The van der Waals surface area contributed by atoms with Crippen molar-refractivity contribution in [3.8, 4) is 60.0 Å². The van der Waals surface area contributed by atoms with Crippen molar-refractivity contribution < 1.29 is 40.5 Å². The number of hydrogen-bond donors (Lipinski definition) is 0. The summed E-state index contributed by atoms with van der Waals surface area (Å²) in [5, 5.41) is 115. The molecule has 0 bridgehead atoms. The third-order valence-corrected chi connectivity index (χ3v) is 9.22. The largest absolute Gasteiger partial charge is 2.00 e. The van der Waals surface area contributed by atoms with Crippen LogP contribution in [0.1, 0.15) is 0 Å². The van der Waals surface area contributed by atoms with E-state index in [-0.39, 0.29) is 19.5 Å². The maximum absolute atomic E-state index is 8.58. The molecule has 12 nitrogen and oxygen atoms in total. The minimum Gasteiger partial charge on any atom is 2.00 e. The van der Waals surface area contributed by atoms with Crippen LogP contribution in [0.5, 0.6) is 0 Å². The summed E-state index contributed by atoms with van der Waals surface area (Å²) in [6.45, 7) is 0. The molecule has 0 fully saturated rings. The number of hydrogen-bond acceptors (Lipinski definition) is 12. The molecule has 0 heterocycles. The molecule has 0 aromatic carbocycles. The number of nitriles is 12. The van der Waals surface area contributed by atoms with E-state index in [1.165, 1.54) is 0 Å². The van der Waals surface area contributed by atoms with Gasteiger partial charge in [-0.25, -0.2) is 0 Å². The van der Waals surface area contributed by atoms with Gasteiger partial charge in [0.05, 0.1) is 0 Å². The van der Waals surface area contributed by atoms with Crippen LogP contribution in [-0.2, 0) is 40.5 Å². The van der Waals surface area contributed by atoms with Crippen molar-refractivity contribution >= 4 is 0 Å². The monoisotopic (exact) mass is 494 g/mol. The Morgan fingerprint density at radius 1 is 0.259 bits per heavy atom. The van der Waals surface area contributed by atoms with E-state index in [2.05, 4.69) is 0 Å². The first-order chi connectivity index (χ1) is 11.9. The summed E-state index contributed by atoms with van der Waals surface area (Å²) in [6.07, 6.45) is 0. The van der Waals surface area contributed by atoms with Crippen LogP contribution in [-0.4, -0.2) is 0 Å². The first-order valence-electron chi connectivity index (χ1n) is 4.68. The summed E-state index contributed by atoms with van der Waals surface area (Å²) in [7, 11) is -12.1. The molecule has 0 atom stereocenters. The van der Waals surface area contributed by atoms with E-state index in [1.807, 2.05) is 0 Å². The fraction of sp³-hybridized carbons (Fsp3) is 0. The van der Waals surface area contributed by atoms with Crippen LogP contribution in [0.15, 0.2) is 0 Å². The standard InChI is InChI=1S/12CN.2Co.Zn/c12*1-2;;;/q;;;;;;;;;;;;2*-1;+2. The Bertz CT molecular complexity index is 882. The van der Waals surface area contributed by atoms with Gasteiger partial charge in [-0.3, -0.25) is 0 Å². The van der Waals surface area contributed by atoms with Crippen molar-refractivity contribution in [2.45, 2.75) is 0 Å². The van der Waals surface area contributed by atoms with E-state index < -0.39 is 21.1 Å². The molecule has 0 aliphatic heterocycles. The van der Waals surface area contributed by atoms with Gasteiger partial charge in [0.15, 0.2) is 0 Å². The smallest absolute Gasteiger partial charge is 2.00 e. The maximum Gasteiger partial charge on any atom is 2.00 e. The molecule has 0 aromatic heterocycles. The Morgan fingerprint density at radius 2 is 0.333 bits per heavy atom. The van der Waals surface area contributed by atoms with Crippen LogP contribution in [0.4, 0.5) is 0 Å². The summed E-state index contributed by atoms with van der Waals surface area (Å²) >= 11 is 0. The summed E-state index contributed by atoms with van der Waals surface area (Å²) in [5.74, 6) is 0. The van der Waals surface area contributed by atoms with Gasteiger partial charge < -0.3 is 0 Å². The van der Waals surface area contributed by atoms with Crippen LogP contribution < -0.4 is 0 Å². The Hall–Kier alpha value is -4.48. The first kappa shape index (κ1) is 27.4. The topological polar surface area (TPSA) is 285 Å². The average Bonchev–Trinajstić information content (AvgIpc) is 2.77. The molecule has 0 unspecified atom stereocenters. The van der Waals surface area contributed by atoms with E-state index in [1.54, 1.807) is 0 Å². The van der Waals surface area contributed by atoms with Crippen LogP contribution in [0.3, 0.4) is 0 Å². The molecule has 15 heteroatoms.